The second-order valence-electron chi connectivity index (χ2n) is 3.57. The Balaban J connectivity index is 2.07. The maximum absolute atomic E-state index is 6.03. The highest BCUT2D eigenvalue weighted by molar-refractivity contribution is 7.98. The number of hydrogen-bond donors (Lipinski definition) is 1. The number of nitrogens with zero attached hydrogens (tertiary/aromatic N) is 1. The molecule has 0 radical (unpaired) electrons. The molecule has 0 saturated heterocycles. The molecule has 2 aromatic heterocycles. The smallest absolute Gasteiger partial charge is 0.197 e. The molecule has 3 rings (SSSR count). The Labute approximate surface area is 106 Å². The zero-order valence-electron chi connectivity index (χ0n) is 8.33. The molecule has 0 bridgehead atoms. The van der Waals surface area contributed by atoms with E-state index in [2.05, 4.69) is 11.2 Å². The SMILES string of the molecule is Nc1noc(-c2cc3c(s2)CCSC3)c1Cl. The number of nitrogens with two attached hydrogens (primary N) is 1. The van der Waals surface area contributed by atoms with Crippen molar-refractivity contribution in [1.29, 1.82) is 0 Å². The summed E-state index contributed by atoms with van der Waals surface area (Å²) >= 11 is 9.71. The van der Waals surface area contributed by atoms with Crippen LogP contribution in [0.4, 0.5) is 5.82 Å². The van der Waals surface area contributed by atoms with Crippen LogP contribution in [0.15, 0.2) is 10.6 Å². The normalized spacial score (nSPS) is 15.1. The number of rotatable bonds is 1. The van der Waals surface area contributed by atoms with Crippen molar-refractivity contribution in [1.82, 2.24) is 5.16 Å². The maximum Gasteiger partial charge on any atom is 0.197 e. The number of thioether (sulfide) groups is 1. The van der Waals surface area contributed by atoms with E-state index in [0.717, 1.165) is 17.1 Å². The van der Waals surface area contributed by atoms with Crippen LogP contribution in [-0.2, 0) is 12.2 Å². The number of hydrogen-bond acceptors (Lipinski definition) is 5. The van der Waals surface area contributed by atoms with Crippen LogP contribution in [-0.4, -0.2) is 10.9 Å². The quantitative estimate of drug-likeness (QED) is 0.864. The number of thiophene rings is 1. The zero-order chi connectivity index (χ0) is 11.1. The van der Waals surface area contributed by atoms with E-state index in [0.29, 0.717) is 10.8 Å². The third-order valence-electron chi connectivity index (χ3n) is 2.51. The Hall–Kier alpha value is -0.650. The van der Waals surface area contributed by atoms with E-state index in [1.54, 1.807) is 11.3 Å². The zero-order valence-corrected chi connectivity index (χ0v) is 10.7. The van der Waals surface area contributed by atoms with Gasteiger partial charge in [0.15, 0.2) is 11.6 Å². The van der Waals surface area contributed by atoms with E-state index >= 15 is 0 Å². The lowest BCUT2D eigenvalue weighted by atomic mass is 10.2. The van der Waals surface area contributed by atoms with Gasteiger partial charge in [-0.3, -0.25) is 0 Å². The molecule has 16 heavy (non-hydrogen) atoms. The van der Waals surface area contributed by atoms with E-state index in [-0.39, 0.29) is 5.82 Å². The first-order valence-corrected chi connectivity index (χ1v) is 7.21. The lowest BCUT2D eigenvalue weighted by Crippen LogP contribution is -1.96. The van der Waals surface area contributed by atoms with Gasteiger partial charge in [0.1, 0.15) is 5.02 Å². The van der Waals surface area contributed by atoms with Crippen LogP contribution >= 0.6 is 34.7 Å². The van der Waals surface area contributed by atoms with Crippen molar-refractivity contribution in [3.8, 4) is 10.6 Å². The third kappa shape index (κ3) is 1.63. The maximum atomic E-state index is 6.03. The van der Waals surface area contributed by atoms with E-state index < -0.39 is 0 Å². The number of fused-ring (bicyclic) bond motifs is 1. The van der Waals surface area contributed by atoms with Crippen LogP contribution in [0.2, 0.25) is 5.02 Å². The molecule has 3 heterocycles. The van der Waals surface area contributed by atoms with Gasteiger partial charge in [-0.1, -0.05) is 16.8 Å². The number of halogens is 1. The molecule has 1 aliphatic heterocycles. The molecule has 84 valence electrons. The molecular formula is C10H9ClN2OS2. The van der Waals surface area contributed by atoms with Crippen LogP contribution in [0.5, 0.6) is 0 Å². The highest BCUT2D eigenvalue weighted by Gasteiger charge is 2.20. The molecule has 0 saturated carbocycles. The molecule has 0 aliphatic carbocycles. The standard InChI is InChI=1S/C10H9ClN2OS2/c11-8-9(14-13-10(8)12)7-3-5-4-15-2-1-6(5)16-7/h3H,1-2,4H2,(H2,12,13). The molecule has 0 atom stereocenters. The first-order chi connectivity index (χ1) is 7.75. The van der Waals surface area contributed by atoms with E-state index in [4.69, 9.17) is 21.9 Å². The van der Waals surface area contributed by atoms with Gasteiger partial charge in [-0.05, 0) is 23.8 Å². The van der Waals surface area contributed by atoms with Gasteiger partial charge in [0, 0.05) is 10.6 Å². The van der Waals surface area contributed by atoms with Crippen LogP contribution < -0.4 is 5.73 Å². The van der Waals surface area contributed by atoms with E-state index in [1.165, 1.54) is 16.2 Å². The Bertz CT molecular complexity index is 511. The second-order valence-corrected chi connectivity index (χ2v) is 6.19. The Morgan fingerprint density at radius 2 is 2.38 bits per heavy atom. The monoisotopic (exact) mass is 272 g/mol. The van der Waals surface area contributed by atoms with Gasteiger partial charge in [-0.15, -0.1) is 11.3 Å². The summed E-state index contributed by atoms with van der Waals surface area (Å²) in [6, 6.07) is 2.14. The molecule has 0 fully saturated rings. The van der Waals surface area contributed by atoms with Crippen LogP contribution in [0.25, 0.3) is 10.6 Å². The van der Waals surface area contributed by atoms with Crippen molar-refractivity contribution >= 4 is 40.5 Å². The molecule has 2 aromatic rings. The molecule has 0 unspecified atom stereocenters. The summed E-state index contributed by atoms with van der Waals surface area (Å²) < 4.78 is 5.16. The van der Waals surface area contributed by atoms with Gasteiger partial charge in [-0.2, -0.15) is 11.8 Å². The largest absolute Gasteiger partial charge is 0.380 e. The van der Waals surface area contributed by atoms with Gasteiger partial charge >= 0.3 is 0 Å². The summed E-state index contributed by atoms with van der Waals surface area (Å²) in [7, 11) is 0. The number of aryl methyl sites for hydroxylation is 1. The average molecular weight is 273 g/mol. The van der Waals surface area contributed by atoms with E-state index in [9.17, 15) is 0 Å². The number of anilines is 1. The summed E-state index contributed by atoms with van der Waals surface area (Å²) in [6.45, 7) is 0. The highest BCUT2D eigenvalue weighted by atomic mass is 35.5. The fourth-order valence-corrected chi connectivity index (χ4v) is 4.29. The van der Waals surface area contributed by atoms with Crippen molar-refractivity contribution in [3.05, 3.63) is 21.5 Å². The van der Waals surface area contributed by atoms with Crippen LogP contribution in [0.3, 0.4) is 0 Å². The first kappa shape index (κ1) is 10.5. The number of aromatic nitrogens is 1. The minimum Gasteiger partial charge on any atom is -0.380 e. The predicted molar refractivity (Wildman–Crippen MR) is 69.1 cm³/mol. The molecule has 2 N–H and O–H groups in total. The molecule has 0 aromatic carbocycles. The molecule has 0 amide bonds. The summed E-state index contributed by atoms with van der Waals surface area (Å²) in [6.07, 6.45) is 1.13. The van der Waals surface area contributed by atoms with Crippen molar-refractivity contribution in [2.45, 2.75) is 12.2 Å². The van der Waals surface area contributed by atoms with E-state index in [1.807, 2.05) is 11.8 Å². The highest BCUT2D eigenvalue weighted by Crippen LogP contribution is 2.40. The molecule has 1 aliphatic rings. The second kappa shape index (κ2) is 3.98. The van der Waals surface area contributed by atoms with Crippen LogP contribution in [0.1, 0.15) is 10.4 Å². The van der Waals surface area contributed by atoms with Crippen molar-refractivity contribution in [2.24, 2.45) is 0 Å². The minimum atomic E-state index is 0.261. The summed E-state index contributed by atoms with van der Waals surface area (Å²) in [5.41, 5.74) is 6.95. The molecule has 6 heteroatoms. The Kier molecular flexibility index (Phi) is 2.61. The minimum absolute atomic E-state index is 0.261. The predicted octanol–water partition coefficient (Wildman–Crippen LogP) is 3.43. The molecule has 0 spiro atoms. The Morgan fingerprint density at radius 1 is 1.50 bits per heavy atom. The first-order valence-electron chi connectivity index (χ1n) is 4.86. The van der Waals surface area contributed by atoms with Gasteiger partial charge < -0.3 is 10.3 Å². The third-order valence-corrected chi connectivity index (χ3v) is 5.12. The van der Waals surface area contributed by atoms with Crippen molar-refractivity contribution < 1.29 is 4.52 Å². The van der Waals surface area contributed by atoms with Crippen molar-refractivity contribution in [2.75, 3.05) is 11.5 Å². The van der Waals surface area contributed by atoms with Gasteiger partial charge in [0.2, 0.25) is 0 Å². The van der Waals surface area contributed by atoms with Crippen LogP contribution in [0, 0.1) is 0 Å². The summed E-state index contributed by atoms with van der Waals surface area (Å²) in [5, 5.41) is 4.09. The van der Waals surface area contributed by atoms with Gasteiger partial charge in [0.25, 0.3) is 0 Å². The molecular weight excluding hydrogens is 264 g/mol. The van der Waals surface area contributed by atoms with Gasteiger partial charge in [0.05, 0.1) is 4.88 Å². The van der Waals surface area contributed by atoms with Crippen molar-refractivity contribution in [3.63, 3.8) is 0 Å². The summed E-state index contributed by atoms with van der Waals surface area (Å²) in [4.78, 5) is 2.46. The van der Waals surface area contributed by atoms with Gasteiger partial charge in [-0.25, -0.2) is 0 Å². The summed E-state index contributed by atoms with van der Waals surface area (Å²) in [5.74, 6) is 3.13. The fourth-order valence-electron chi connectivity index (χ4n) is 1.70. The molecule has 3 nitrogen and oxygen atoms in total. The fraction of sp³-hybridized carbons (Fsp3) is 0.300. The average Bonchev–Trinajstić information content (AvgIpc) is 2.84. The Morgan fingerprint density at radius 3 is 3.06 bits per heavy atom. The lowest BCUT2D eigenvalue weighted by molar-refractivity contribution is 0.436. The topological polar surface area (TPSA) is 52.0 Å². The lowest BCUT2D eigenvalue weighted by Gasteiger charge is -2.08. The number of nitrogen functional groups attached to an aromatic ring is 1.